The number of benzene rings is 1. The van der Waals surface area contributed by atoms with Gasteiger partial charge in [-0.2, -0.15) is 4.98 Å². The van der Waals surface area contributed by atoms with Crippen molar-refractivity contribution in [2.45, 2.75) is 71.0 Å². The number of rotatable bonds is 9. The Kier molecular flexibility index (Phi) is 7.40. The molecule has 0 amide bonds. The first-order valence-corrected chi connectivity index (χ1v) is 14.0. The summed E-state index contributed by atoms with van der Waals surface area (Å²) in [5.74, 6) is 1.64. The van der Waals surface area contributed by atoms with Crippen molar-refractivity contribution in [1.82, 2.24) is 38.7 Å². The SMILES string of the molecule is CCCCc1c(C)nc2nc(CSc3nc4c(c(=O)[nH]c(=O)n4Cc4ccc(Cl)cc4)n3CC)nn2c1C. The van der Waals surface area contributed by atoms with Crippen molar-refractivity contribution in [3.8, 4) is 0 Å². The molecule has 5 rings (SSSR count). The van der Waals surface area contributed by atoms with Crippen LogP contribution in [-0.4, -0.2) is 38.7 Å². The van der Waals surface area contributed by atoms with Crippen LogP contribution in [0.25, 0.3) is 16.9 Å². The van der Waals surface area contributed by atoms with Crippen LogP contribution in [0.5, 0.6) is 0 Å². The Balaban J connectivity index is 1.49. The molecule has 0 saturated heterocycles. The number of aryl methyl sites for hydroxylation is 3. The molecular formula is C26H29ClN8O2S. The Morgan fingerprint density at radius 3 is 2.50 bits per heavy atom. The van der Waals surface area contributed by atoms with Gasteiger partial charge in [-0.05, 0) is 56.9 Å². The van der Waals surface area contributed by atoms with Crippen LogP contribution >= 0.6 is 23.4 Å². The first kappa shape index (κ1) is 26.2. The van der Waals surface area contributed by atoms with Crippen LogP contribution in [0.3, 0.4) is 0 Å². The number of fused-ring (bicyclic) bond motifs is 2. The average molecular weight is 553 g/mol. The highest BCUT2D eigenvalue weighted by molar-refractivity contribution is 7.98. The lowest BCUT2D eigenvalue weighted by Gasteiger charge is -2.09. The van der Waals surface area contributed by atoms with E-state index in [0.717, 1.165) is 36.2 Å². The monoisotopic (exact) mass is 552 g/mol. The molecule has 0 unspecified atom stereocenters. The van der Waals surface area contributed by atoms with Gasteiger partial charge < -0.3 is 4.57 Å². The number of halogens is 1. The fourth-order valence-corrected chi connectivity index (χ4v) is 5.66. The van der Waals surface area contributed by atoms with Crippen LogP contribution in [0.2, 0.25) is 5.02 Å². The van der Waals surface area contributed by atoms with Gasteiger partial charge in [0, 0.05) is 23.0 Å². The minimum absolute atomic E-state index is 0.257. The number of thioether (sulfide) groups is 1. The maximum absolute atomic E-state index is 12.8. The summed E-state index contributed by atoms with van der Waals surface area (Å²) in [4.78, 5) is 42.1. The number of hydrogen-bond acceptors (Lipinski definition) is 7. The van der Waals surface area contributed by atoms with E-state index < -0.39 is 11.2 Å². The van der Waals surface area contributed by atoms with Crippen molar-refractivity contribution in [3.63, 3.8) is 0 Å². The van der Waals surface area contributed by atoms with Gasteiger partial charge in [-0.15, -0.1) is 5.10 Å². The average Bonchev–Trinajstić information content (AvgIpc) is 3.47. The molecule has 5 aromatic rings. The Bertz CT molecular complexity index is 1750. The highest BCUT2D eigenvalue weighted by Gasteiger charge is 2.20. The molecule has 0 aliphatic carbocycles. The fourth-order valence-electron chi connectivity index (χ4n) is 4.63. The molecule has 4 aromatic heterocycles. The number of hydrogen-bond donors (Lipinski definition) is 1. The quantitative estimate of drug-likeness (QED) is 0.271. The molecule has 0 saturated carbocycles. The molecule has 0 fully saturated rings. The van der Waals surface area contributed by atoms with Gasteiger partial charge in [0.1, 0.15) is 0 Å². The van der Waals surface area contributed by atoms with Gasteiger partial charge in [0.25, 0.3) is 11.3 Å². The molecule has 0 radical (unpaired) electrons. The summed E-state index contributed by atoms with van der Waals surface area (Å²) in [5.41, 5.74) is 3.87. The molecular weight excluding hydrogens is 524 g/mol. The molecule has 38 heavy (non-hydrogen) atoms. The number of aromatic nitrogens is 8. The summed E-state index contributed by atoms with van der Waals surface area (Å²) >= 11 is 7.44. The number of imidazole rings is 1. The third-order valence-corrected chi connectivity index (χ3v) is 7.85. The molecule has 1 N–H and O–H groups in total. The van der Waals surface area contributed by atoms with Crippen molar-refractivity contribution in [2.75, 3.05) is 0 Å². The maximum Gasteiger partial charge on any atom is 0.330 e. The van der Waals surface area contributed by atoms with Gasteiger partial charge in [-0.1, -0.05) is 48.8 Å². The molecule has 12 heteroatoms. The fraction of sp³-hybridized carbons (Fsp3) is 0.385. The first-order valence-electron chi connectivity index (χ1n) is 12.6. The predicted octanol–water partition coefficient (Wildman–Crippen LogP) is 4.30. The zero-order valence-electron chi connectivity index (χ0n) is 21.8. The minimum Gasteiger partial charge on any atom is -0.313 e. The standard InChI is InChI=1S/C26H29ClN8O2S/c1-5-7-8-19-15(3)28-24-29-20(32-35(24)16(19)4)14-38-26-30-22-21(33(26)6-2)23(36)31-25(37)34(22)13-17-9-11-18(27)12-10-17/h9-12H,5-8,13-14H2,1-4H3,(H,31,36,37). The van der Waals surface area contributed by atoms with E-state index in [1.54, 1.807) is 12.1 Å². The van der Waals surface area contributed by atoms with E-state index in [1.807, 2.05) is 35.1 Å². The summed E-state index contributed by atoms with van der Waals surface area (Å²) in [6, 6.07) is 7.23. The van der Waals surface area contributed by atoms with Crippen molar-refractivity contribution in [1.29, 1.82) is 0 Å². The van der Waals surface area contributed by atoms with Crippen LogP contribution in [0, 0.1) is 13.8 Å². The Morgan fingerprint density at radius 1 is 1.03 bits per heavy atom. The zero-order chi connectivity index (χ0) is 27.0. The molecule has 0 aliphatic rings. The van der Waals surface area contributed by atoms with E-state index >= 15 is 0 Å². The molecule has 0 atom stereocenters. The third-order valence-electron chi connectivity index (χ3n) is 6.62. The van der Waals surface area contributed by atoms with Gasteiger partial charge in [0.2, 0.25) is 0 Å². The van der Waals surface area contributed by atoms with Crippen molar-refractivity contribution in [2.24, 2.45) is 0 Å². The summed E-state index contributed by atoms with van der Waals surface area (Å²) in [7, 11) is 0. The maximum atomic E-state index is 12.8. The highest BCUT2D eigenvalue weighted by atomic mass is 35.5. The predicted molar refractivity (Wildman–Crippen MR) is 149 cm³/mol. The second-order valence-corrected chi connectivity index (χ2v) is 10.6. The largest absolute Gasteiger partial charge is 0.330 e. The molecule has 4 heterocycles. The molecule has 0 aliphatic heterocycles. The lowest BCUT2D eigenvalue weighted by molar-refractivity contribution is 0.699. The van der Waals surface area contributed by atoms with Crippen LogP contribution in [0.1, 0.15) is 55.0 Å². The normalized spacial score (nSPS) is 11.7. The number of unbranched alkanes of at least 4 members (excludes halogenated alkanes) is 1. The minimum atomic E-state index is -0.507. The Morgan fingerprint density at radius 2 is 1.79 bits per heavy atom. The Hall–Kier alpha value is -3.44. The van der Waals surface area contributed by atoms with Gasteiger partial charge in [-0.25, -0.2) is 19.3 Å². The van der Waals surface area contributed by atoms with Crippen molar-refractivity contribution >= 4 is 40.3 Å². The molecule has 198 valence electrons. The summed E-state index contributed by atoms with van der Waals surface area (Å²) in [6.45, 7) is 8.96. The molecule has 0 bridgehead atoms. The summed E-state index contributed by atoms with van der Waals surface area (Å²) in [5, 5.41) is 5.94. The van der Waals surface area contributed by atoms with Crippen LogP contribution in [0.15, 0.2) is 39.0 Å². The number of nitrogens with one attached hydrogen (secondary N) is 1. The second-order valence-electron chi connectivity index (χ2n) is 9.18. The van der Waals surface area contributed by atoms with Gasteiger partial charge >= 0.3 is 5.69 Å². The van der Waals surface area contributed by atoms with E-state index in [2.05, 4.69) is 28.8 Å². The summed E-state index contributed by atoms with van der Waals surface area (Å²) in [6.07, 6.45) is 3.18. The lowest BCUT2D eigenvalue weighted by Crippen LogP contribution is -2.31. The van der Waals surface area contributed by atoms with E-state index in [0.29, 0.717) is 45.2 Å². The van der Waals surface area contributed by atoms with Gasteiger partial charge in [0.05, 0.1) is 12.3 Å². The molecule has 1 aromatic carbocycles. The van der Waals surface area contributed by atoms with E-state index in [4.69, 9.17) is 21.7 Å². The number of nitrogens with zero attached hydrogens (tertiary/aromatic N) is 7. The van der Waals surface area contributed by atoms with Crippen LogP contribution < -0.4 is 11.2 Å². The first-order chi connectivity index (χ1) is 18.3. The van der Waals surface area contributed by atoms with Crippen LogP contribution in [-0.2, 0) is 25.3 Å². The lowest BCUT2D eigenvalue weighted by atomic mass is 10.1. The van der Waals surface area contributed by atoms with Crippen molar-refractivity contribution < 1.29 is 0 Å². The Labute approximate surface area is 228 Å². The number of H-pyrrole nitrogens is 1. The number of aromatic amines is 1. The van der Waals surface area contributed by atoms with E-state index in [9.17, 15) is 9.59 Å². The molecule has 0 spiro atoms. The zero-order valence-corrected chi connectivity index (χ0v) is 23.4. The van der Waals surface area contributed by atoms with E-state index in [-0.39, 0.29) is 6.54 Å². The topological polar surface area (TPSA) is 116 Å². The van der Waals surface area contributed by atoms with E-state index in [1.165, 1.54) is 21.9 Å². The van der Waals surface area contributed by atoms with Crippen molar-refractivity contribution in [3.05, 3.63) is 78.5 Å². The van der Waals surface area contributed by atoms with Crippen LogP contribution in [0.4, 0.5) is 0 Å². The summed E-state index contributed by atoms with van der Waals surface area (Å²) < 4.78 is 5.11. The smallest absolute Gasteiger partial charge is 0.313 e. The molecule has 10 nitrogen and oxygen atoms in total. The highest BCUT2D eigenvalue weighted by Crippen LogP contribution is 2.25. The third kappa shape index (κ3) is 4.88. The second kappa shape index (κ2) is 10.7. The van der Waals surface area contributed by atoms with Gasteiger partial charge in [-0.3, -0.25) is 14.3 Å². The van der Waals surface area contributed by atoms with Gasteiger partial charge in [0.15, 0.2) is 22.1 Å².